The molecule has 1 aromatic heterocycles. The Kier molecular flexibility index (Phi) is 4.91. The fraction of sp³-hybridized carbons (Fsp3) is 0.185. The highest BCUT2D eigenvalue weighted by atomic mass is 16.1. The Balaban J connectivity index is 1.32. The molecule has 1 aliphatic rings. The van der Waals surface area contributed by atoms with Gasteiger partial charge in [0.25, 0.3) is 5.91 Å². The van der Waals surface area contributed by atoms with Crippen molar-refractivity contribution in [2.45, 2.75) is 26.8 Å². The second kappa shape index (κ2) is 7.88. The van der Waals surface area contributed by atoms with E-state index in [1.165, 1.54) is 22.1 Å². The van der Waals surface area contributed by atoms with Crippen LogP contribution in [-0.2, 0) is 13.0 Å². The van der Waals surface area contributed by atoms with Gasteiger partial charge in [-0.2, -0.15) is 0 Å². The molecule has 0 aliphatic carbocycles. The quantitative estimate of drug-likeness (QED) is 0.487. The van der Waals surface area contributed by atoms with Crippen LogP contribution in [0.5, 0.6) is 0 Å². The minimum absolute atomic E-state index is 0.0615. The number of benzene rings is 3. The number of nitrogens with zero attached hydrogens (tertiary/aromatic N) is 2. The van der Waals surface area contributed by atoms with E-state index in [1.807, 2.05) is 36.4 Å². The van der Waals surface area contributed by atoms with Gasteiger partial charge >= 0.3 is 0 Å². The monoisotopic (exact) mass is 407 g/mol. The molecule has 1 aliphatic heterocycles. The lowest BCUT2D eigenvalue weighted by atomic mass is 10.1. The van der Waals surface area contributed by atoms with Gasteiger partial charge in [-0.05, 0) is 73.4 Å². The second-order valence-corrected chi connectivity index (χ2v) is 8.28. The number of hydrogen-bond acceptors (Lipinski definition) is 3. The summed E-state index contributed by atoms with van der Waals surface area (Å²) in [7, 11) is 0. The topological polar surface area (TPSA) is 45.2 Å². The Morgan fingerprint density at radius 2 is 1.68 bits per heavy atom. The number of carbonyl (C=O) groups is 1. The van der Waals surface area contributed by atoms with Crippen LogP contribution < -0.4 is 10.2 Å². The van der Waals surface area contributed by atoms with Crippen LogP contribution in [-0.4, -0.2) is 17.4 Å². The van der Waals surface area contributed by atoms with Gasteiger partial charge in [0.05, 0.1) is 5.52 Å². The SMILES string of the molecule is Cc1ccc(CNC(=O)c2ccc(N3CCc4cc5ccc(C)cc5nc43)cc2)cc1. The molecule has 154 valence electrons. The summed E-state index contributed by atoms with van der Waals surface area (Å²) in [6.07, 6.45) is 0.977. The number of rotatable bonds is 4. The summed E-state index contributed by atoms with van der Waals surface area (Å²) < 4.78 is 0. The number of hydrogen-bond donors (Lipinski definition) is 1. The molecule has 0 radical (unpaired) electrons. The van der Waals surface area contributed by atoms with E-state index in [0.717, 1.165) is 35.6 Å². The molecule has 31 heavy (non-hydrogen) atoms. The zero-order valence-electron chi connectivity index (χ0n) is 17.9. The largest absolute Gasteiger partial charge is 0.348 e. The van der Waals surface area contributed by atoms with Gasteiger partial charge in [-0.3, -0.25) is 4.79 Å². The average Bonchev–Trinajstić information content (AvgIpc) is 3.19. The normalized spacial score (nSPS) is 12.8. The zero-order chi connectivity index (χ0) is 21.4. The highest BCUT2D eigenvalue weighted by Gasteiger charge is 2.23. The number of nitrogens with one attached hydrogen (secondary N) is 1. The van der Waals surface area contributed by atoms with Crippen LogP contribution in [0, 0.1) is 13.8 Å². The second-order valence-electron chi connectivity index (χ2n) is 8.28. The molecular weight excluding hydrogens is 382 g/mol. The fourth-order valence-electron chi connectivity index (χ4n) is 4.10. The molecule has 4 nitrogen and oxygen atoms in total. The lowest BCUT2D eigenvalue weighted by Gasteiger charge is -2.19. The molecule has 2 heterocycles. The molecule has 0 bridgehead atoms. The minimum Gasteiger partial charge on any atom is -0.348 e. The van der Waals surface area contributed by atoms with Crippen molar-refractivity contribution in [2.75, 3.05) is 11.4 Å². The molecule has 5 rings (SSSR count). The van der Waals surface area contributed by atoms with E-state index in [4.69, 9.17) is 4.98 Å². The number of pyridine rings is 1. The van der Waals surface area contributed by atoms with Crippen LogP contribution in [0.2, 0.25) is 0 Å². The molecule has 3 aromatic carbocycles. The van der Waals surface area contributed by atoms with Gasteiger partial charge in [-0.25, -0.2) is 4.98 Å². The summed E-state index contributed by atoms with van der Waals surface area (Å²) in [6, 6.07) is 24.7. The summed E-state index contributed by atoms with van der Waals surface area (Å²) in [5, 5.41) is 4.19. The van der Waals surface area contributed by atoms with Crippen LogP contribution >= 0.6 is 0 Å². The third-order valence-electron chi connectivity index (χ3n) is 5.90. The molecular formula is C27H25N3O. The molecule has 4 heteroatoms. The third-order valence-corrected chi connectivity index (χ3v) is 5.90. The van der Waals surface area contributed by atoms with Crippen LogP contribution in [0.15, 0.2) is 72.8 Å². The van der Waals surface area contributed by atoms with Crippen molar-refractivity contribution in [1.29, 1.82) is 0 Å². The summed E-state index contributed by atoms with van der Waals surface area (Å²) in [5.41, 5.74) is 7.55. The van der Waals surface area contributed by atoms with E-state index in [2.05, 4.69) is 60.5 Å². The molecule has 0 saturated carbocycles. The van der Waals surface area contributed by atoms with Crippen molar-refractivity contribution in [2.24, 2.45) is 0 Å². The smallest absolute Gasteiger partial charge is 0.251 e. The van der Waals surface area contributed by atoms with Gasteiger partial charge in [0.2, 0.25) is 0 Å². The zero-order valence-corrected chi connectivity index (χ0v) is 17.9. The first-order valence-corrected chi connectivity index (χ1v) is 10.7. The van der Waals surface area contributed by atoms with Crippen LogP contribution in [0.1, 0.15) is 32.6 Å². The van der Waals surface area contributed by atoms with Gasteiger partial charge in [0, 0.05) is 29.7 Å². The molecule has 0 saturated heterocycles. The van der Waals surface area contributed by atoms with Crippen molar-refractivity contribution in [3.05, 3.63) is 101 Å². The first-order valence-electron chi connectivity index (χ1n) is 10.7. The van der Waals surface area contributed by atoms with Gasteiger partial charge < -0.3 is 10.2 Å². The maximum atomic E-state index is 12.6. The number of fused-ring (bicyclic) bond motifs is 2. The van der Waals surface area contributed by atoms with E-state index in [1.54, 1.807) is 0 Å². The molecule has 1 amide bonds. The Morgan fingerprint density at radius 1 is 0.935 bits per heavy atom. The Bertz CT molecular complexity index is 1260. The van der Waals surface area contributed by atoms with Crippen molar-refractivity contribution >= 4 is 28.3 Å². The molecule has 4 aromatic rings. The molecule has 0 spiro atoms. The first kappa shape index (κ1) is 19.3. The van der Waals surface area contributed by atoms with Gasteiger partial charge in [-0.15, -0.1) is 0 Å². The molecule has 1 N–H and O–H groups in total. The Morgan fingerprint density at radius 3 is 2.45 bits per heavy atom. The molecule has 0 atom stereocenters. The summed E-state index contributed by atoms with van der Waals surface area (Å²) in [4.78, 5) is 19.7. The third kappa shape index (κ3) is 3.89. The maximum absolute atomic E-state index is 12.6. The summed E-state index contributed by atoms with van der Waals surface area (Å²) in [6.45, 7) is 5.57. The van der Waals surface area contributed by atoms with Crippen molar-refractivity contribution in [3.63, 3.8) is 0 Å². The van der Waals surface area contributed by atoms with Gasteiger partial charge in [0.15, 0.2) is 0 Å². The van der Waals surface area contributed by atoms with Gasteiger partial charge in [0.1, 0.15) is 5.82 Å². The van der Waals surface area contributed by atoms with E-state index >= 15 is 0 Å². The van der Waals surface area contributed by atoms with E-state index < -0.39 is 0 Å². The van der Waals surface area contributed by atoms with Crippen LogP contribution in [0.25, 0.3) is 10.9 Å². The molecule has 0 fully saturated rings. The van der Waals surface area contributed by atoms with E-state index in [-0.39, 0.29) is 5.91 Å². The fourth-order valence-corrected chi connectivity index (χ4v) is 4.10. The van der Waals surface area contributed by atoms with Crippen molar-refractivity contribution in [3.8, 4) is 0 Å². The summed E-state index contributed by atoms with van der Waals surface area (Å²) >= 11 is 0. The number of aryl methyl sites for hydroxylation is 2. The predicted molar refractivity (Wildman–Crippen MR) is 126 cm³/mol. The lowest BCUT2D eigenvalue weighted by Crippen LogP contribution is -2.23. The Labute approximate surface area is 182 Å². The maximum Gasteiger partial charge on any atom is 0.251 e. The highest BCUT2D eigenvalue weighted by Crippen LogP contribution is 2.35. The Hall–Kier alpha value is -3.66. The van der Waals surface area contributed by atoms with Crippen LogP contribution in [0.4, 0.5) is 11.5 Å². The van der Waals surface area contributed by atoms with E-state index in [0.29, 0.717) is 12.1 Å². The summed E-state index contributed by atoms with van der Waals surface area (Å²) in [5.74, 6) is 0.961. The van der Waals surface area contributed by atoms with Crippen molar-refractivity contribution in [1.82, 2.24) is 10.3 Å². The number of aromatic nitrogens is 1. The highest BCUT2D eigenvalue weighted by molar-refractivity contribution is 5.94. The minimum atomic E-state index is -0.0615. The van der Waals surface area contributed by atoms with Gasteiger partial charge in [-0.1, -0.05) is 42.0 Å². The first-order chi connectivity index (χ1) is 15.1. The molecule has 0 unspecified atom stereocenters. The number of carbonyl (C=O) groups excluding carboxylic acids is 1. The van der Waals surface area contributed by atoms with Crippen LogP contribution in [0.3, 0.4) is 0 Å². The van der Waals surface area contributed by atoms with Crippen molar-refractivity contribution < 1.29 is 4.79 Å². The lowest BCUT2D eigenvalue weighted by molar-refractivity contribution is 0.0951. The number of anilines is 2. The van der Waals surface area contributed by atoms with E-state index in [9.17, 15) is 4.79 Å². The average molecular weight is 408 g/mol. The number of amides is 1. The standard InChI is InChI=1S/C27H25N3O/c1-18-3-6-20(7-4-18)17-28-27(31)21-9-11-24(12-10-21)30-14-13-23-16-22-8-5-19(2)15-25(22)29-26(23)30/h3-12,15-16H,13-14,17H2,1-2H3,(H,28,31). The predicted octanol–water partition coefficient (Wildman–Crippen LogP) is 5.48.